The second kappa shape index (κ2) is 23.2. The SMILES string of the molecule is C.Cc1cc(C)cc(N(c2cc(C)cc(C)c2)c2cc(-c3cc(N(c4cc(C)cc(C)c4)c4cc(C)cc(C)c4)cc(N(c4cc(C)cc(C)c4)c4cc(C)cc(C)c4)c3)cc(N(c3cc(C)cc(C)c3)c3cc(C)cc(C)c3)c2)c1. The highest BCUT2D eigenvalue weighted by molar-refractivity contribution is 5.92. The van der Waals surface area contributed by atoms with E-state index in [0.717, 1.165) is 79.4 Å². The van der Waals surface area contributed by atoms with Crippen molar-refractivity contribution in [3.8, 4) is 11.1 Å². The first kappa shape index (κ1) is 57.1. The zero-order valence-corrected chi connectivity index (χ0v) is 50.1. The fourth-order valence-electron chi connectivity index (χ4n) is 12.5. The van der Waals surface area contributed by atoms with E-state index >= 15 is 0 Å². The number of anilines is 12. The highest BCUT2D eigenvalue weighted by Crippen LogP contribution is 2.49. The molecule has 0 atom stereocenters. The summed E-state index contributed by atoms with van der Waals surface area (Å²) in [7, 11) is 0. The smallest absolute Gasteiger partial charge is 0.0488 e. The molecule has 10 aromatic rings. The molecule has 4 heteroatoms. The van der Waals surface area contributed by atoms with Gasteiger partial charge < -0.3 is 19.6 Å². The van der Waals surface area contributed by atoms with E-state index in [9.17, 15) is 0 Å². The Balaban J connectivity index is 0.00000792. The Morgan fingerprint density at radius 1 is 0.136 bits per heavy atom. The Bertz CT molecular complexity index is 3130. The normalized spacial score (nSPS) is 11.1. The number of hydrogen-bond acceptors (Lipinski definition) is 4. The van der Waals surface area contributed by atoms with Crippen molar-refractivity contribution in [3.05, 3.63) is 271 Å². The average molecular weight is 1060 g/mol. The summed E-state index contributed by atoms with van der Waals surface area (Å²) in [5.41, 5.74) is 34.7. The molecule has 0 fully saturated rings. The first-order valence-electron chi connectivity index (χ1n) is 28.3. The average Bonchev–Trinajstić information content (AvgIpc) is 3.32. The van der Waals surface area contributed by atoms with Crippen LogP contribution in [0.2, 0.25) is 0 Å². The first-order valence-corrected chi connectivity index (χ1v) is 28.3. The molecule has 10 aromatic carbocycles. The van der Waals surface area contributed by atoms with Gasteiger partial charge in [-0.3, -0.25) is 0 Å². The van der Waals surface area contributed by atoms with Crippen molar-refractivity contribution in [2.45, 2.75) is 118 Å². The third kappa shape index (κ3) is 12.9. The molecule has 0 unspecified atom stereocenters. The van der Waals surface area contributed by atoms with Crippen molar-refractivity contribution >= 4 is 68.2 Å². The molecule has 0 aliphatic rings. The van der Waals surface area contributed by atoms with Gasteiger partial charge in [0, 0.05) is 68.2 Å². The van der Waals surface area contributed by atoms with Crippen LogP contribution < -0.4 is 19.6 Å². The Morgan fingerprint density at radius 3 is 0.346 bits per heavy atom. The van der Waals surface area contributed by atoms with Crippen molar-refractivity contribution in [2.75, 3.05) is 19.6 Å². The molecule has 0 saturated carbocycles. The fraction of sp³-hybridized carbons (Fsp3) is 0.221. The lowest BCUT2D eigenvalue weighted by Gasteiger charge is -2.33. The van der Waals surface area contributed by atoms with Crippen LogP contribution in [-0.2, 0) is 0 Å². The van der Waals surface area contributed by atoms with Crippen LogP contribution >= 0.6 is 0 Å². The number of nitrogens with zero attached hydrogens (tertiary/aromatic N) is 4. The molecule has 4 nitrogen and oxygen atoms in total. The van der Waals surface area contributed by atoms with Crippen LogP contribution in [0.3, 0.4) is 0 Å². The summed E-state index contributed by atoms with van der Waals surface area (Å²) in [6.07, 6.45) is 0. The Hall–Kier alpha value is -8.60. The topological polar surface area (TPSA) is 13.0 Å². The van der Waals surface area contributed by atoms with Gasteiger partial charge in [0.2, 0.25) is 0 Å². The lowest BCUT2D eigenvalue weighted by molar-refractivity contribution is 1.20. The van der Waals surface area contributed by atoms with Crippen molar-refractivity contribution in [1.82, 2.24) is 0 Å². The fourth-order valence-corrected chi connectivity index (χ4v) is 12.5. The number of rotatable bonds is 13. The minimum absolute atomic E-state index is 0. The second-order valence-electron chi connectivity index (χ2n) is 23.6. The molecular formula is C77H82N4. The van der Waals surface area contributed by atoms with E-state index in [1.165, 1.54) is 89.0 Å². The summed E-state index contributed by atoms with van der Waals surface area (Å²) in [4.78, 5) is 9.92. The maximum atomic E-state index is 2.48. The zero-order chi connectivity index (χ0) is 56.8. The monoisotopic (exact) mass is 1060 g/mol. The van der Waals surface area contributed by atoms with Crippen molar-refractivity contribution in [3.63, 3.8) is 0 Å². The summed E-state index contributed by atoms with van der Waals surface area (Å²) in [6, 6.07) is 70.0. The highest BCUT2D eigenvalue weighted by atomic mass is 15.2. The van der Waals surface area contributed by atoms with Crippen LogP contribution in [0.4, 0.5) is 68.2 Å². The molecule has 0 aromatic heterocycles. The molecule has 0 radical (unpaired) electrons. The molecule has 0 bridgehead atoms. The van der Waals surface area contributed by atoms with E-state index in [0.29, 0.717) is 0 Å². The van der Waals surface area contributed by atoms with Gasteiger partial charge in [-0.05, 0) is 344 Å². The zero-order valence-electron chi connectivity index (χ0n) is 50.1. The van der Waals surface area contributed by atoms with Gasteiger partial charge in [-0.15, -0.1) is 0 Å². The molecule has 81 heavy (non-hydrogen) atoms. The van der Waals surface area contributed by atoms with Gasteiger partial charge >= 0.3 is 0 Å². The lowest BCUT2D eigenvalue weighted by atomic mass is 9.98. The summed E-state index contributed by atoms with van der Waals surface area (Å²) in [6.45, 7) is 35.4. The molecule has 0 aliphatic carbocycles. The predicted octanol–water partition coefficient (Wildman–Crippen LogP) is 22.8. The minimum Gasteiger partial charge on any atom is -0.310 e. The molecule has 410 valence electrons. The largest absolute Gasteiger partial charge is 0.310 e. The molecule has 10 rings (SSSR count). The molecule has 0 amide bonds. The third-order valence-electron chi connectivity index (χ3n) is 14.9. The van der Waals surface area contributed by atoms with Gasteiger partial charge in [0.15, 0.2) is 0 Å². The summed E-state index contributed by atoms with van der Waals surface area (Å²) in [5, 5.41) is 0. The van der Waals surface area contributed by atoms with E-state index in [-0.39, 0.29) is 7.43 Å². The van der Waals surface area contributed by atoms with E-state index in [4.69, 9.17) is 0 Å². The summed E-state index contributed by atoms with van der Waals surface area (Å²) >= 11 is 0. The van der Waals surface area contributed by atoms with Crippen molar-refractivity contribution in [2.24, 2.45) is 0 Å². The molecule has 0 heterocycles. The number of aryl methyl sites for hydroxylation is 16. The van der Waals surface area contributed by atoms with Crippen molar-refractivity contribution < 1.29 is 0 Å². The van der Waals surface area contributed by atoms with Crippen LogP contribution in [0.25, 0.3) is 11.1 Å². The van der Waals surface area contributed by atoms with Gasteiger partial charge in [0.25, 0.3) is 0 Å². The van der Waals surface area contributed by atoms with Crippen LogP contribution in [0, 0.1) is 111 Å². The number of benzene rings is 10. The first-order chi connectivity index (χ1) is 38.1. The van der Waals surface area contributed by atoms with Crippen LogP contribution in [0.1, 0.15) is 96.4 Å². The molecule has 0 N–H and O–H groups in total. The van der Waals surface area contributed by atoms with Gasteiger partial charge in [-0.2, -0.15) is 0 Å². The quantitative estimate of drug-likeness (QED) is 0.114. The standard InChI is InChI=1S/C76H78N4.CH4/c1-47-17-48(2)26-65(25-47)77(66-27-49(3)18-50(4)28-66)73-41-63(42-74(45-73)78(67-29-51(5)19-52(6)30-67)68-31-53(7)20-54(8)32-68)64-43-75(79(69-33-55(9)21-56(10)34-69)70-35-57(11)22-58(12)36-70)46-76(44-64)80(71-37-59(13)23-60(14)38-71)72-39-61(15)24-62(16)40-72;/h17-46H,1-16H3;1H4. The van der Waals surface area contributed by atoms with Gasteiger partial charge in [-0.25, -0.2) is 0 Å². The molecule has 0 spiro atoms. The van der Waals surface area contributed by atoms with Crippen LogP contribution in [0.5, 0.6) is 0 Å². The van der Waals surface area contributed by atoms with Gasteiger partial charge in [0.1, 0.15) is 0 Å². The molecule has 0 saturated heterocycles. The summed E-state index contributed by atoms with van der Waals surface area (Å²) in [5.74, 6) is 0. The lowest BCUT2D eigenvalue weighted by Crippen LogP contribution is -2.15. The van der Waals surface area contributed by atoms with Gasteiger partial charge in [-0.1, -0.05) is 56.0 Å². The Labute approximate surface area is 485 Å². The van der Waals surface area contributed by atoms with Crippen LogP contribution in [-0.4, -0.2) is 0 Å². The van der Waals surface area contributed by atoms with Gasteiger partial charge in [0.05, 0.1) is 0 Å². The second-order valence-corrected chi connectivity index (χ2v) is 23.6. The van der Waals surface area contributed by atoms with E-state index in [2.05, 4.69) is 312 Å². The maximum absolute atomic E-state index is 2.48. The highest BCUT2D eigenvalue weighted by Gasteiger charge is 2.25. The van der Waals surface area contributed by atoms with E-state index < -0.39 is 0 Å². The predicted molar refractivity (Wildman–Crippen MR) is 353 cm³/mol. The van der Waals surface area contributed by atoms with E-state index in [1.54, 1.807) is 0 Å². The minimum atomic E-state index is 0. The number of hydrogen-bond donors (Lipinski definition) is 0. The Kier molecular flexibility index (Phi) is 16.4. The van der Waals surface area contributed by atoms with Crippen molar-refractivity contribution in [1.29, 1.82) is 0 Å². The van der Waals surface area contributed by atoms with E-state index in [1.807, 2.05) is 0 Å². The maximum Gasteiger partial charge on any atom is 0.0488 e. The molecular weight excluding hydrogens is 981 g/mol. The van der Waals surface area contributed by atoms with Crippen LogP contribution in [0.15, 0.2) is 182 Å². The summed E-state index contributed by atoms with van der Waals surface area (Å²) < 4.78 is 0. The Morgan fingerprint density at radius 2 is 0.235 bits per heavy atom. The molecule has 0 aliphatic heterocycles. The third-order valence-corrected chi connectivity index (χ3v) is 14.9.